The predicted molar refractivity (Wildman–Crippen MR) is 63.5 cm³/mol. The van der Waals surface area contributed by atoms with Gasteiger partial charge in [0.25, 0.3) is 0 Å². The Balaban J connectivity index is 2.37. The molecule has 0 aliphatic heterocycles. The maximum absolute atomic E-state index is 13.4. The van der Waals surface area contributed by atoms with Crippen LogP contribution in [0.4, 0.5) is 13.2 Å². The summed E-state index contributed by atoms with van der Waals surface area (Å²) < 4.78 is 39.3. The molecule has 0 saturated heterocycles. The average Bonchev–Trinajstić information content (AvgIpc) is 2.35. The maximum Gasteiger partial charge on any atom is 0.159 e. The molecule has 2 N–H and O–H groups in total. The summed E-state index contributed by atoms with van der Waals surface area (Å²) in [6.07, 6.45) is 0. The maximum atomic E-state index is 13.4. The van der Waals surface area contributed by atoms with Gasteiger partial charge in [0.1, 0.15) is 5.82 Å². The average molecular weight is 251 g/mol. The van der Waals surface area contributed by atoms with Gasteiger partial charge in [-0.05, 0) is 41.8 Å². The molecule has 4 heteroatoms. The summed E-state index contributed by atoms with van der Waals surface area (Å²) in [6, 6.07) is 7.32. The number of nitrogens with two attached hydrogens (primary N) is 1. The van der Waals surface area contributed by atoms with Gasteiger partial charge in [-0.1, -0.05) is 18.2 Å². The molecule has 0 spiro atoms. The molecule has 0 aliphatic rings. The summed E-state index contributed by atoms with van der Waals surface area (Å²) in [7, 11) is 0. The van der Waals surface area contributed by atoms with Crippen molar-refractivity contribution in [1.82, 2.24) is 0 Å². The van der Waals surface area contributed by atoms with Crippen LogP contribution >= 0.6 is 0 Å². The summed E-state index contributed by atoms with van der Waals surface area (Å²) in [6.45, 7) is 1.64. The molecule has 0 fully saturated rings. The van der Waals surface area contributed by atoms with E-state index in [1.807, 2.05) is 0 Å². The van der Waals surface area contributed by atoms with Crippen molar-refractivity contribution in [2.24, 2.45) is 5.73 Å². The van der Waals surface area contributed by atoms with Crippen LogP contribution in [0.3, 0.4) is 0 Å². The quantitative estimate of drug-likeness (QED) is 0.869. The van der Waals surface area contributed by atoms with Crippen molar-refractivity contribution in [2.75, 3.05) is 0 Å². The molecule has 0 saturated carbocycles. The van der Waals surface area contributed by atoms with Crippen molar-refractivity contribution in [3.05, 3.63) is 70.5 Å². The Labute approximate surface area is 103 Å². The lowest BCUT2D eigenvalue weighted by Crippen LogP contribution is -2.12. The van der Waals surface area contributed by atoms with E-state index in [1.165, 1.54) is 12.1 Å². The van der Waals surface area contributed by atoms with Crippen LogP contribution in [-0.2, 0) is 0 Å². The number of benzene rings is 2. The fourth-order valence-electron chi connectivity index (χ4n) is 1.70. The van der Waals surface area contributed by atoms with Crippen LogP contribution in [-0.4, -0.2) is 0 Å². The molecule has 18 heavy (non-hydrogen) atoms. The zero-order chi connectivity index (χ0) is 13.3. The number of hydrogen-bond donors (Lipinski definition) is 1. The van der Waals surface area contributed by atoms with Crippen LogP contribution in [0, 0.1) is 24.4 Å². The normalized spacial score (nSPS) is 12.5. The van der Waals surface area contributed by atoms with E-state index in [4.69, 9.17) is 5.73 Å². The zero-order valence-electron chi connectivity index (χ0n) is 9.75. The molecule has 0 amide bonds. The Morgan fingerprint density at radius 1 is 0.833 bits per heavy atom. The molecular formula is C14H12F3N. The van der Waals surface area contributed by atoms with Crippen molar-refractivity contribution in [1.29, 1.82) is 0 Å². The van der Waals surface area contributed by atoms with Crippen molar-refractivity contribution in [2.45, 2.75) is 13.0 Å². The van der Waals surface area contributed by atoms with E-state index in [2.05, 4.69) is 0 Å². The van der Waals surface area contributed by atoms with Crippen LogP contribution in [0.1, 0.15) is 22.7 Å². The van der Waals surface area contributed by atoms with Crippen molar-refractivity contribution in [3.8, 4) is 0 Å². The Morgan fingerprint density at radius 3 is 1.94 bits per heavy atom. The van der Waals surface area contributed by atoms with Gasteiger partial charge in [0, 0.05) is 0 Å². The molecule has 0 aromatic heterocycles. The highest BCUT2D eigenvalue weighted by Crippen LogP contribution is 2.22. The van der Waals surface area contributed by atoms with E-state index in [-0.39, 0.29) is 5.82 Å². The van der Waals surface area contributed by atoms with Gasteiger partial charge in [0.15, 0.2) is 11.6 Å². The van der Waals surface area contributed by atoms with Gasteiger partial charge >= 0.3 is 0 Å². The first-order valence-corrected chi connectivity index (χ1v) is 5.45. The first-order chi connectivity index (χ1) is 8.49. The summed E-state index contributed by atoms with van der Waals surface area (Å²) >= 11 is 0. The van der Waals surface area contributed by atoms with Gasteiger partial charge in [-0.3, -0.25) is 0 Å². The van der Waals surface area contributed by atoms with E-state index in [9.17, 15) is 13.2 Å². The Bertz CT molecular complexity index is 530. The lowest BCUT2D eigenvalue weighted by atomic mass is 9.98. The van der Waals surface area contributed by atoms with Crippen LogP contribution in [0.5, 0.6) is 0 Å². The molecule has 2 rings (SSSR count). The molecule has 1 unspecified atom stereocenters. The Morgan fingerprint density at radius 2 is 1.39 bits per heavy atom. The smallest absolute Gasteiger partial charge is 0.159 e. The Hall–Kier alpha value is -1.81. The van der Waals surface area contributed by atoms with Crippen LogP contribution in [0.25, 0.3) is 0 Å². The van der Waals surface area contributed by atoms with E-state index >= 15 is 0 Å². The lowest BCUT2D eigenvalue weighted by Gasteiger charge is -2.13. The third kappa shape index (κ3) is 2.38. The highest BCUT2D eigenvalue weighted by molar-refractivity contribution is 5.34. The van der Waals surface area contributed by atoms with Gasteiger partial charge in [-0.15, -0.1) is 0 Å². The van der Waals surface area contributed by atoms with Crippen LogP contribution in [0.15, 0.2) is 36.4 Å². The second-order valence-electron chi connectivity index (χ2n) is 4.16. The van der Waals surface area contributed by atoms with Crippen molar-refractivity contribution < 1.29 is 13.2 Å². The first-order valence-electron chi connectivity index (χ1n) is 5.45. The second-order valence-corrected chi connectivity index (χ2v) is 4.16. The van der Waals surface area contributed by atoms with E-state index in [1.54, 1.807) is 19.1 Å². The van der Waals surface area contributed by atoms with E-state index in [0.29, 0.717) is 16.7 Å². The van der Waals surface area contributed by atoms with Crippen molar-refractivity contribution in [3.63, 3.8) is 0 Å². The Kier molecular flexibility index (Phi) is 3.39. The third-order valence-electron chi connectivity index (χ3n) is 2.86. The SMILES string of the molecule is Cc1ccc(C(N)c2ccc(F)c(F)c2)cc1F. The summed E-state index contributed by atoms with van der Waals surface area (Å²) in [5, 5.41) is 0. The number of halogens is 3. The summed E-state index contributed by atoms with van der Waals surface area (Å²) in [5.41, 5.74) is 7.33. The second kappa shape index (κ2) is 4.82. The highest BCUT2D eigenvalue weighted by atomic mass is 19.2. The van der Waals surface area contributed by atoms with Crippen LogP contribution in [0.2, 0.25) is 0 Å². The van der Waals surface area contributed by atoms with Gasteiger partial charge < -0.3 is 5.73 Å². The summed E-state index contributed by atoms with van der Waals surface area (Å²) in [4.78, 5) is 0. The third-order valence-corrected chi connectivity index (χ3v) is 2.86. The zero-order valence-corrected chi connectivity index (χ0v) is 9.75. The monoisotopic (exact) mass is 251 g/mol. The van der Waals surface area contributed by atoms with Gasteiger partial charge in [0.2, 0.25) is 0 Å². The number of aryl methyl sites for hydroxylation is 1. The van der Waals surface area contributed by atoms with Crippen LogP contribution < -0.4 is 5.73 Å². The topological polar surface area (TPSA) is 26.0 Å². The molecule has 1 nitrogen and oxygen atoms in total. The lowest BCUT2D eigenvalue weighted by molar-refractivity contribution is 0.506. The largest absolute Gasteiger partial charge is 0.320 e. The minimum atomic E-state index is -0.962. The molecule has 1 atom stereocenters. The van der Waals surface area contributed by atoms with Gasteiger partial charge in [-0.25, -0.2) is 13.2 Å². The highest BCUT2D eigenvalue weighted by Gasteiger charge is 2.13. The van der Waals surface area contributed by atoms with E-state index in [0.717, 1.165) is 12.1 Å². The summed E-state index contributed by atoms with van der Waals surface area (Å²) in [5.74, 6) is -2.26. The molecule has 0 aliphatic carbocycles. The number of hydrogen-bond acceptors (Lipinski definition) is 1. The van der Waals surface area contributed by atoms with Crippen molar-refractivity contribution >= 4 is 0 Å². The fraction of sp³-hybridized carbons (Fsp3) is 0.143. The minimum absolute atomic E-state index is 0.370. The van der Waals surface area contributed by atoms with Gasteiger partial charge in [0.05, 0.1) is 6.04 Å². The fourth-order valence-corrected chi connectivity index (χ4v) is 1.70. The standard InChI is InChI=1S/C14H12F3N/c1-8-2-3-9(6-12(8)16)14(18)10-4-5-11(15)13(17)7-10/h2-7,14H,18H2,1H3. The molecular weight excluding hydrogens is 239 g/mol. The molecule has 0 heterocycles. The van der Waals surface area contributed by atoms with E-state index < -0.39 is 17.7 Å². The molecule has 0 radical (unpaired) electrons. The molecule has 94 valence electrons. The predicted octanol–water partition coefficient (Wildman–Crippen LogP) is 3.46. The van der Waals surface area contributed by atoms with Gasteiger partial charge in [-0.2, -0.15) is 0 Å². The minimum Gasteiger partial charge on any atom is -0.320 e. The number of rotatable bonds is 2. The molecule has 2 aromatic carbocycles. The first kappa shape index (κ1) is 12.6. The molecule has 0 bridgehead atoms. The molecule has 2 aromatic rings.